The van der Waals surface area contributed by atoms with Crippen molar-refractivity contribution in [2.45, 2.75) is 39.2 Å². The van der Waals surface area contributed by atoms with E-state index in [0.717, 1.165) is 24.8 Å². The number of hydrogen-bond donors (Lipinski definition) is 1. The van der Waals surface area contributed by atoms with Gasteiger partial charge >= 0.3 is 0 Å². The van der Waals surface area contributed by atoms with Gasteiger partial charge < -0.3 is 10.6 Å². The number of benzene rings is 1. The van der Waals surface area contributed by atoms with Crippen LogP contribution in [0.1, 0.15) is 38.2 Å². The predicted octanol–water partition coefficient (Wildman–Crippen LogP) is 3.45. The van der Waals surface area contributed by atoms with Crippen LogP contribution in [0.15, 0.2) is 24.3 Å². The molecule has 1 unspecified atom stereocenters. The number of carbonyl (C=O) groups excluding carboxylic acids is 1. The second-order valence-corrected chi connectivity index (χ2v) is 5.64. The Kier molecular flexibility index (Phi) is 7.63. The Labute approximate surface area is 127 Å². The zero-order chi connectivity index (χ0) is 15.0. The molecule has 1 amide bonds. The monoisotopic (exact) mass is 296 g/mol. The van der Waals surface area contributed by atoms with Crippen LogP contribution in [-0.4, -0.2) is 24.4 Å². The fourth-order valence-electron chi connectivity index (χ4n) is 2.28. The number of halogens is 1. The molecule has 1 rings (SSSR count). The number of amides is 1. The van der Waals surface area contributed by atoms with E-state index in [-0.39, 0.29) is 5.91 Å². The minimum atomic E-state index is 0.167. The predicted molar refractivity (Wildman–Crippen MR) is 84.6 cm³/mol. The summed E-state index contributed by atoms with van der Waals surface area (Å²) in [4.78, 5) is 13.9. The van der Waals surface area contributed by atoms with Crippen LogP contribution in [0.4, 0.5) is 0 Å². The normalized spacial score (nSPS) is 12.2. The Hall–Kier alpha value is -1.06. The van der Waals surface area contributed by atoms with Gasteiger partial charge in [-0.15, -0.1) is 0 Å². The first-order valence-corrected chi connectivity index (χ1v) is 7.63. The summed E-state index contributed by atoms with van der Waals surface area (Å²) in [7, 11) is 1.83. The number of nitrogens with zero attached hydrogens (tertiary/aromatic N) is 1. The van der Waals surface area contributed by atoms with Crippen LogP contribution in [0, 0.1) is 5.92 Å². The van der Waals surface area contributed by atoms with Gasteiger partial charge in [0.05, 0.1) is 0 Å². The maximum Gasteiger partial charge on any atom is 0.222 e. The van der Waals surface area contributed by atoms with Gasteiger partial charge in [0, 0.05) is 25.0 Å². The molecule has 0 saturated carbocycles. The molecule has 0 bridgehead atoms. The Morgan fingerprint density at radius 3 is 2.65 bits per heavy atom. The molecule has 0 saturated heterocycles. The van der Waals surface area contributed by atoms with Crippen molar-refractivity contribution >= 4 is 17.5 Å². The molecule has 20 heavy (non-hydrogen) atoms. The third-order valence-corrected chi connectivity index (χ3v) is 4.08. The van der Waals surface area contributed by atoms with Gasteiger partial charge in [-0.1, -0.05) is 43.1 Å². The molecule has 0 fully saturated rings. The molecule has 1 aromatic carbocycles. The lowest BCUT2D eigenvalue weighted by molar-refractivity contribution is -0.130. The lowest BCUT2D eigenvalue weighted by Crippen LogP contribution is -2.26. The molecule has 0 aromatic heterocycles. The van der Waals surface area contributed by atoms with Crippen molar-refractivity contribution in [1.82, 2.24) is 4.90 Å². The van der Waals surface area contributed by atoms with Crippen molar-refractivity contribution in [3.63, 3.8) is 0 Å². The number of carbonyl (C=O) groups is 1. The van der Waals surface area contributed by atoms with Crippen LogP contribution in [0.3, 0.4) is 0 Å². The first-order chi connectivity index (χ1) is 9.58. The highest BCUT2D eigenvalue weighted by atomic mass is 35.5. The third kappa shape index (κ3) is 5.51. The summed E-state index contributed by atoms with van der Waals surface area (Å²) in [6.45, 7) is 3.41. The molecule has 0 heterocycles. The molecule has 0 spiro atoms. The largest absolute Gasteiger partial charge is 0.341 e. The molecule has 0 aliphatic heterocycles. The highest BCUT2D eigenvalue weighted by Gasteiger charge is 2.13. The second kappa shape index (κ2) is 8.98. The molecule has 1 aromatic rings. The van der Waals surface area contributed by atoms with E-state index in [4.69, 9.17) is 17.3 Å². The summed E-state index contributed by atoms with van der Waals surface area (Å²) in [6.07, 6.45) is 3.58. The van der Waals surface area contributed by atoms with Crippen LogP contribution in [-0.2, 0) is 11.3 Å². The van der Waals surface area contributed by atoms with Crippen LogP contribution in [0.5, 0.6) is 0 Å². The standard InChI is InChI=1S/C16H25ClN2O/c1-3-13(10-11-18)8-9-16(20)19(2)12-14-6-4-5-7-15(14)17/h4-7,13H,3,8-12,18H2,1-2H3. The molecule has 112 valence electrons. The van der Waals surface area contributed by atoms with E-state index in [9.17, 15) is 4.79 Å². The van der Waals surface area contributed by atoms with Gasteiger partial charge in [-0.25, -0.2) is 0 Å². The van der Waals surface area contributed by atoms with Gasteiger partial charge in [-0.2, -0.15) is 0 Å². The zero-order valence-electron chi connectivity index (χ0n) is 12.4. The minimum absolute atomic E-state index is 0.167. The third-order valence-electron chi connectivity index (χ3n) is 3.71. The van der Waals surface area contributed by atoms with Crippen molar-refractivity contribution in [2.24, 2.45) is 11.7 Å². The van der Waals surface area contributed by atoms with Gasteiger partial charge in [0.2, 0.25) is 5.91 Å². The van der Waals surface area contributed by atoms with Crippen LogP contribution >= 0.6 is 11.6 Å². The van der Waals surface area contributed by atoms with E-state index in [1.54, 1.807) is 4.90 Å². The highest BCUT2D eigenvalue weighted by Crippen LogP contribution is 2.18. The topological polar surface area (TPSA) is 46.3 Å². The Bertz CT molecular complexity index is 423. The average molecular weight is 297 g/mol. The van der Waals surface area contributed by atoms with Crippen LogP contribution in [0.25, 0.3) is 0 Å². The molecule has 4 heteroatoms. The van der Waals surface area contributed by atoms with Crippen molar-refractivity contribution < 1.29 is 4.79 Å². The van der Waals surface area contributed by atoms with E-state index in [1.807, 2.05) is 31.3 Å². The van der Waals surface area contributed by atoms with Gasteiger partial charge in [-0.05, 0) is 36.9 Å². The molecule has 0 aliphatic carbocycles. The van der Waals surface area contributed by atoms with Crippen LogP contribution in [0.2, 0.25) is 5.02 Å². The molecular formula is C16H25ClN2O. The summed E-state index contributed by atoms with van der Waals surface area (Å²) < 4.78 is 0. The second-order valence-electron chi connectivity index (χ2n) is 5.23. The van der Waals surface area contributed by atoms with E-state index in [1.165, 1.54) is 0 Å². The molecule has 0 aliphatic rings. The van der Waals surface area contributed by atoms with E-state index >= 15 is 0 Å². The van der Waals surface area contributed by atoms with Crippen molar-refractivity contribution in [1.29, 1.82) is 0 Å². The summed E-state index contributed by atoms with van der Waals surface area (Å²) in [6, 6.07) is 7.64. The molecule has 1 atom stereocenters. The zero-order valence-corrected chi connectivity index (χ0v) is 13.2. The maximum atomic E-state index is 12.1. The van der Waals surface area contributed by atoms with E-state index in [2.05, 4.69) is 6.92 Å². The van der Waals surface area contributed by atoms with Gasteiger partial charge in [0.1, 0.15) is 0 Å². The number of hydrogen-bond acceptors (Lipinski definition) is 2. The average Bonchev–Trinajstić information content (AvgIpc) is 2.45. The van der Waals surface area contributed by atoms with Gasteiger partial charge in [0.25, 0.3) is 0 Å². The SMILES string of the molecule is CCC(CCN)CCC(=O)N(C)Cc1ccccc1Cl. The first-order valence-electron chi connectivity index (χ1n) is 7.25. The number of nitrogens with two attached hydrogens (primary N) is 1. The molecular weight excluding hydrogens is 272 g/mol. The minimum Gasteiger partial charge on any atom is -0.341 e. The summed E-state index contributed by atoms with van der Waals surface area (Å²) >= 11 is 6.11. The van der Waals surface area contributed by atoms with Crippen LogP contribution < -0.4 is 5.73 Å². The molecule has 2 N–H and O–H groups in total. The Morgan fingerprint density at radius 2 is 2.05 bits per heavy atom. The summed E-state index contributed by atoms with van der Waals surface area (Å²) in [5, 5.41) is 0.710. The first kappa shape index (κ1) is 17.0. The Balaban J connectivity index is 2.45. The quantitative estimate of drug-likeness (QED) is 0.798. The summed E-state index contributed by atoms with van der Waals surface area (Å²) in [5.74, 6) is 0.720. The van der Waals surface area contributed by atoms with Crippen molar-refractivity contribution in [3.8, 4) is 0 Å². The van der Waals surface area contributed by atoms with E-state index < -0.39 is 0 Å². The van der Waals surface area contributed by atoms with Crippen molar-refractivity contribution in [3.05, 3.63) is 34.9 Å². The smallest absolute Gasteiger partial charge is 0.222 e. The fourth-order valence-corrected chi connectivity index (χ4v) is 2.47. The summed E-state index contributed by atoms with van der Waals surface area (Å²) in [5.41, 5.74) is 6.57. The lowest BCUT2D eigenvalue weighted by Gasteiger charge is -2.20. The van der Waals surface area contributed by atoms with Gasteiger partial charge in [-0.3, -0.25) is 4.79 Å². The molecule has 0 radical (unpaired) electrons. The Morgan fingerprint density at radius 1 is 1.35 bits per heavy atom. The van der Waals surface area contributed by atoms with Crippen molar-refractivity contribution in [2.75, 3.05) is 13.6 Å². The lowest BCUT2D eigenvalue weighted by atomic mass is 9.96. The molecule has 3 nitrogen and oxygen atoms in total. The fraction of sp³-hybridized carbons (Fsp3) is 0.562. The van der Waals surface area contributed by atoms with E-state index in [0.29, 0.717) is 30.5 Å². The maximum absolute atomic E-state index is 12.1. The highest BCUT2D eigenvalue weighted by molar-refractivity contribution is 6.31. The van der Waals surface area contributed by atoms with Gasteiger partial charge in [0.15, 0.2) is 0 Å². The number of rotatable bonds is 8.